The number of rotatable bonds is 7. The van der Waals surface area contributed by atoms with Crippen LogP contribution in [-0.4, -0.2) is 65.1 Å². The summed E-state index contributed by atoms with van der Waals surface area (Å²) in [4.78, 5) is 27.6. The number of amides is 3. The first kappa shape index (κ1) is 20.3. The Labute approximate surface area is 170 Å². The highest BCUT2D eigenvalue weighted by Gasteiger charge is 2.47. The SMILES string of the molecule is Cl.O=C1C2SCCN2C(=O)N1CCCCNCC1CCc2ccccc2O1. The van der Waals surface area contributed by atoms with Gasteiger partial charge in [0.15, 0.2) is 5.37 Å². The Kier molecular flexibility index (Phi) is 6.89. The molecule has 3 heterocycles. The molecule has 27 heavy (non-hydrogen) atoms. The fraction of sp³-hybridized carbons (Fsp3) is 0.579. The summed E-state index contributed by atoms with van der Waals surface area (Å²) in [5.74, 6) is 1.85. The minimum absolute atomic E-state index is 0. The number of fused-ring (bicyclic) bond motifs is 2. The summed E-state index contributed by atoms with van der Waals surface area (Å²) >= 11 is 1.57. The van der Waals surface area contributed by atoms with Gasteiger partial charge in [-0.25, -0.2) is 4.79 Å². The van der Waals surface area contributed by atoms with Gasteiger partial charge in [-0.1, -0.05) is 18.2 Å². The standard InChI is InChI=1S/C19H25N3O3S.ClH/c23-17-18-22(11-12-26-18)19(24)21(17)10-4-3-9-20-13-15-8-7-14-5-1-2-6-16(14)25-15;/h1-2,5-6,15,18,20H,3-4,7-13H2;1H. The van der Waals surface area contributed by atoms with Crippen LogP contribution >= 0.6 is 24.2 Å². The van der Waals surface area contributed by atoms with Crippen molar-refractivity contribution >= 4 is 36.1 Å². The Morgan fingerprint density at radius 3 is 2.93 bits per heavy atom. The van der Waals surface area contributed by atoms with Crippen LogP contribution in [0.25, 0.3) is 0 Å². The summed E-state index contributed by atoms with van der Waals surface area (Å²) in [6.45, 7) is 2.94. The monoisotopic (exact) mass is 411 g/mol. The van der Waals surface area contributed by atoms with E-state index >= 15 is 0 Å². The highest BCUT2D eigenvalue weighted by atomic mass is 35.5. The summed E-state index contributed by atoms with van der Waals surface area (Å²) in [5.41, 5.74) is 1.29. The van der Waals surface area contributed by atoms with Gasteiger partial charge in [-0.2, -0.15) is 0 Å². The van der Waals surface area contributed by atoms with Crippen LogP contribution in [0, 0.1) is 0 Å². The zero-order valence-corrected chi connectivity index (χ0v) is 16.9. The van der Waals surface area contributed by atoms with Crippen molar-refractivity contribution in [1.82, 2.24) is 15.1 Å². The maximum absolute atomic E-state index is 12.2. The number of nitrogens with zero attached hydrogens (tertiary/aromatic N) is 2. The Hall–Kier alpha value is -1.44. The van der Waals surface area contributed by atoms with Crippen molar-refractivity contribution < 1.29 is 14.3 Å². The van der Waals surface area contributed by atoms with E-state index in [1.165, 1.54) is 10.5 Å². The third kappa shape index (κ3) is 4.36. The van der Waals surface area contributed by atoms with Crippen molar-refractivity contribution in [1.29, 1.82) is 0 Å². The maximum Gasteiger partial charge on any atom is 0.328 e. The average molecular weight is 412 g/mol. The number of aryl methyl sites for hydroxylation is 1. The number of halogens is 1. The molecule has 0 spiro atoms. The molecule has 4 rings (SSSR count). The molecule has 1 aromatic carbocycles. The number of thioether (sulfide) groups is 1. The maximum atomic E-state index is 12.2. The number of carbonyl (C=O) groups is 2. The Morgan fingerprint density at radius 2 is 2.07 bits per heavy atom. The van der Waals surface area contributed by atoms with Gasteiger partial charge in [-0.05, 0) is 43.9 Å². The normalized spacial score (nSPS) is 23.7. The van der Waals surface area contributed by atoms with E-state index in [9.17, 15) is 9.59 Å². The first-order chi connectivity index (χ1) is 12.7. The number of nitrogens with one attached hydrogen (secondary N) is 1. The van der Waals surface area contributed by atoms with Crippen LogP contribution in [0.1, 0.15) is 24.8 Å². The number of para-hydroxylation sites is 1. The third-order valence-corrected chi connectivity index (χ3v) is 6.39. The van der Waals surface area contributed by atoms with Gasteiger partial charge in [0.1, 0.15) is 11.9 Å². The highest BCUT2D eigenvalue weighted by Crippen LogP contribution is 2.32. The summed E-state index contributed by atoms with van der Waals surface area (Å²) in [6.07, 6.45) is 4.10. The van der Waals surface area contributed by atoms with E-state index in [1.54, 1.807) is 16.7 Å². The van der Waals surface area contributed by atoms with Crippen LogP contribution in [0.15, 0.2) is 24.3 Å². The molecule has 6 nitrogen and oxygen atoms in total. The van der Waals surface area contributed by atoms with Crippen LogP contribution in [0.2, 0.25) is 0 Å². The molecule has 0 aromatic heterocycles. The Morgan fingerprint density at radius 1 is 1.22 bits per heavy atom. The number of unbranched alkanes of at least 4 members (excludes halogenated alkanes) is 1. The summed E-state index contributed by atoms with van der Waals surface area (Å²) in [7, 11) is 0. The zero-order valence-electron chi connectivity index (χ0n) is 15.3. The molecule has 1 N–H and O–H groups in total. The van der Waals surface area contributed by atoms with Crippen molar-refractivity contribution in [3.05, 3.63) is 29.8 Å². The molecule has 0 bridgehead atoms. The topological polar surface area (TPSA) is 61.9 Å². The predicted octanol–water partition coefficient (Wildman–Crippen LogP) is 2.51. The van der Waals surface area contributed by atoms with E-state index in [2.05, 4.69) is 17.4 Å². The molecule has 2 saturated heterocycles. The lowest BCUT2D eigenvalue weighted by Gasteiger charge is -2.26. The average Bonchev–Trinajstić information content (AvgIpc) is 3.23. The van der Waals surface area contributed by atoms with Crippen LogP contribution in [0.5, 0.6) is 5.75 Å². The number of hydrogen-bond donors (Lipinski definition) is 1. The molecule has 3 aliphatic rings. The lowest BCUT2D eigenvalue weighted by Crippen LogP contribution is -2.36. The summed E-state index contributed by atoms with van der Waals surface area (Å²) in [6, 6.07) is 8.13. The van der Waals surface area contributed by atoms with Crippen molar-refractivity contribution in [3.8, 4) is 5.75 Å². The molecule has 0 aliphatic carbocycles. The van der Waals surface area contributed by atoms with Crippen molar-refractivity contribution in [2.24, 2.45) is 0 Å². The van der Waals surface area contributed by atoms with E-state index in [1.807, 2.05) is 12.1 Å². The van der Waals surface area contributed by atoms with E-state index in [0.717, 1.165) is 50.3 Å². The lowest BCUT2D eigenvalue weighted by molar-refractivity contribution is -0.126. The lowest BCUT2D eigenvalue weighted by atomic mass is 10.0. The fourth-order valence-corrected chi connectivity index (χ4v) is 4.94. The highest BCUT2D eigenvalue weighted by molar-refractivity contribution is 8.00. The van der Waals surface area contributed by atoms with Gasteiger partial charge in [-0.3, -0.25) is 9.69 Å². The number of urea groups is 1. The van der Waals surface area contributed by atoms with Crippen LogP contribution in [0.3, 0.4) is 0 Å². The Balaban J connectivity index is 0.00000210. The first-order valence-electron chi connectivity index (χ1n) is 9.43. The van der Waals surface area contributed by atoms with Gasteiger partial charge >= 0.3 is 6.03 Å². The molecule has 2 atom stereocenters. The summed E-state index contributed by atoms with van der Waals surface area (Å²) < 4.78 is 6.02. The second-order valence-electron chi connectivity index (χ2n) is 6.99. The van der Waals surface area contributed by atoms with E-state index < -0.39 is 0 Å². The minimum atomic E-state index is -0.257. The minimum Gasteiger partial charge on any atom is -0.489 e. The van der Waals surface area contributed by atoms with Gasteiger partial charge in [0, 0.05) is 25.4 Å². The molecular formula is C19H26ClN3O3S. The van der Waals surface area contributed by atoms with E-state index in [4.69, 9.17) is 4.74 Å². The largest absolute Gasteiger partial charge is 0.489 e. The van der Waals surface area contributed by atoms with Crippen LogP contribution in [-0.2, 0) is 11.2 Å². The van der Waals surface area contributed by atoms with Crippen molar-refractivity contribution in [2.75, 3.05) is 31.9 Å². The quantitative estimate of drug-likeness (QED) is 0.551. The predicted molar refractivity (Wildman–Crippen MR) is 109 cm³/mol. The number of hydrogen-bond acceptors (Lipinski definition) is 5. The first-order valence-corrected chi connectivity index (χ1v) is 10.5. The zero-order chi connectivity index (χ0) is 17.9. The molecule has 8 heteroatoms. The molecular weight excluding hydrogens is 386 g/mol. The number of ether oxygens (including phenoxy) is 1. The summed E-state index contributed by atoms with van der Waals surface area (Å²) in [5, 5.41) is 3.19. The smallest absolute Gasteiger partial charge is 0.328 e. The van der Waals surface area contributed by atoms with E-state index in [0.29, 0.717) is 13.1 Å². The second-order valence-corrected chi connectivity index (χ2v) is 8.17. The van der Waals surface area contributed by atoms with E-state index in [-0.39, 0.29) is 35.8 Å². The third-order valence-electron chi connectivity index (χ3n) is 5.20. The van der Waals surface area contributed by atoms with Gasteiger partial charge < -0.3 is 15.0 Å². The molecule has 2 fully saturated rings. The van der Waals surface area contributed by atoms with Crippen molar-refractivity contribution in [2.45, 2.75) is 37.2 Å². The number of benzene rings is 1. The molecule has 3 aliphatic heterocycles. The van der Waals surface area contributed by atoms with Crippen LogP contribution in [0.4, 0.5) is 4.79 Å². The molecule has 1 aromatic rings. The molecule has 148 valence electrons. The Bertz CT molecular complexity index is 668. The van der Waals surface area contributed by atoms with Crippen molar-refractivity contribution in [3.63, 3.8) is 0 Å². The number of imide groups is 1. The van der Waals surface area contributed by atoms with Gasteiger partial charge in [0.25, 0.3) is 5.91 Å². The molecule has 2 unspecified atom stereocenters. The van der Waals surface area contributed by atoms with Gasteiger partial charge in [-0.15, -0.1) is 24.2 Å². The fourth-order valence-electron chi connectivity index (χ4n) is 3.77. The van der Waals surface area contributed by atoms with Gasteiger partial charge in [0.2, 0.25) is 0 Å². The molecule has 0 saturated carbocycles. The number of carbonyl (C=O) groups excluding carboxylic acids is 2. The van der Waals surface area contributed by atoms with Gasteiger partial charge in [0.05, 0.1) is 0 Å². The molecule has 3 amide bonds. The second kappa shape index (κ2) is 9.17. The van der Waals surface area contributed by atoms with Crippen LogP contribution < -0.4 is 10.1 Å². The molecule has 0 radical (unpaired) electrons.